The van der Waals surface area contributed by atoms with Gasteiger partial charge in [-0.05, 0) is 38.8 Å². The van der Waals surface area contributed by atoms with Crippen molar-refractivity contribution in [3.63, 3.8) is 0 Å². The molecule has 1 aromatic carbocycles. The molecule has 1 N–H and O–H groups in total. The summed E-state index contributed by atoms with van der Waals surface area (Å²) in [5, 5.41) is 3.46. The van der Waals surface area contributed by atoms with E-state index >= 15 is 0 Å². The minimum atomic E-state index is -0.496. The second-order valence-electron chi connectivity index (χ2n) is 7.30. The summed E-state index contributed by atoms with van der Waals surface area (Å²) in [6.45, 7) is 7.55. The summed E-state index contributed by atoms with van der Waals surface area (Å²) >= 11 is 0. The summed E-state index contributed by atoms with van der Waals surface area (Å²) < 4.78 is 21.7. The smallest absolute Gasteiger partial charge is 0.410 e. The standard InChI is InChI=1S/C19H30N2O5/c1-19(2,3)26-18(22)21-8-7-20-14(12-21)9-13-10-16(24-5)17(25-6)11-15(13)23-4/h10-11,14,20H,7-9,12H2,1-6H3. The molecule has 0 aromatic heterocycles. The van der Waals surface area contributed by atoms with Gasteiger partial charge in [0.15, 0.2) is 11.5 Å². The number of rotatable bonds is 5. The van der Waals surface area contributed by atoms with E-state index in [4.69, 9.17) is 18.9 Å². The van der Waals surface area contributed by atoms with Crippen LogP contribution in [0.15, 0.2) is 12.1 Å². The molecule has 7 nitrogen and oxygen atoms in total. The van der Waals surface area contributed by atoms with Crippen molar-refractivity contribution in [3.05, 3.63) is 17.7 Å². The first-order valence-corrected chi connectivity index (χ1v) is 8.77. The van der Waals surface area contributed by atoms with E-state index in [2.05, 4.69) is 5.32 Å². The lowest BCUT2D eigenvalue weighted by Gasteiger charge is -2.35. The Bertz CT molecular complexity index is 627. The van der Waals surface area contributed by atoms with Crippen LogP contribution in [-0.2, 0) is 11.2 Å². The summed E-state index contributed by atoms with van der Waals surface area (Å²) in [6, 6.07) is 3.84. The van der Waals surface area contributed by atoms with Crippen LogP contribution in [0.25, 0.3) is 0 Å². The molecule has 1 aliphatic rings. The fourth-order valence-corrected chi connectivity index (χ4v) is 2.97. The van der Waals surface area contributed by atoms with Crippen LogP contribution in [-0.4, -0.2) is 63.6 Å². The Kier molecular flexibility index (Phi) is 6.58. The number of hydrogen-bond donors (Lipinski definition) is 1. The minimum absolute atomic E-state index is 0.100. The highest BCUT2D eigenvalue weighted by molar-refractivity contribution is 5.68. The molecule has 1 saturated heterocycles. The van der Waals surface area contributed by atoms with Crippen molar-refractivity contribution in [2.75, 3.05) is 41.0 Å². The van der Waals surface area contributed by atoms with Gasteiger partial charge in [0.1, 0.15) is 11.4 Å². The van der Waals surface area contributed by atoms with Gasteiger partial charge in [0.2, 0.25) is 0 Å². The lowest BCUT2D eigenvalue weighted by atomic mass is 10.0. The maximum atomic E-state index is 12.3. The average molecular weight is 366 g/mol. The van der Waals surface area contributed by atoms with Gasteiger partial charge in [0, 0.05) is 31.7 Å². The van der Waals surface area contributed by atoms with Crippen LogP contribution < -0.4 is 19.5 Å². The third kappa shape index (κ3) is 5.17. The molecule has 2 rings (SSSR count). The molecule has 1 aromatic rings. The van der Waals surface area contributed by atoms with Crippen molar-refractivity contribution >= 4 is 6.09 Å². The van der Waals surface area contributed by atoms with Gasteiger partial charge in [-0.2, -0.15) is 0 Å². The predicted octanol–water partition coefficient (Wildman–Crippen LogP) is 2.46. The van der Waals surface area contributed by atoms with Gasteiger partial charge < -0.3 is 29.2 Å². The highest BCUT2D eigenvalue weighted by atomic mass is 16.6. The Morgan fingerprint density at radius 1 is 1.12 bits per heavy atom. The molecule has 26 heavy (non-hydrogen) atoms. The summed E-state index contributed by atoms with van der Waals surface area (Å²) in [4.78, 5) is 14.1. The van der Waals surface area contributed by atoms with Crippen LogP contribution in [0, 0.1) is 0 Å². The van der Waals surface area contributed by atoms with Gasteiger partial charge in [-0.1, -0.05) is 0 Å². The topological polar surface area (TPSA) is 69.3 Å². The van der Waals surface area contributed by atoms with E-state index in [1.54, 1.807) is 26.2 Å². The van der Waals surface area contributed by atoms with Crippen molar-refractivity contribution in [3.8, 4) is 17.2 Å². The lowest BCUT2D eigenvalue weighted by Crippen LogP contribution is -2.54. The van der Waals surface area contributed by atoms with E-state index in [1.165, 1.54) is 0 Å². The molecule has 1 fully saturated rings. The SMILES string of the molecule is COc1cc(OC)c(OC)cc1CC1CN(C(=O)OC(C)(C)C)CCN1. The van der Waals surface area contributed by atoms with Crippen LogP contribution in [0.2, 0.25) is 0 Å². The number of carbonyl (C=O) groups excluding carboxylic acids is 1. The first kappa shape index (κ1) is 20.2. The largest absolute Gasteiger partial charge is 0.496 e. The van der Waals surface area contributed by atoms with Crippen molar-refractivity contribution in [1.29, 1.82) is 0 Å². The first-order valence-electron chi connectivity index (χ1n) is 8.77. The van der Waals surface area contributed by atoms with Crippen molar-refractivity contribution in [1.82, 2.24) is 10.2 Å². The Morgan fingerprint density at radius 3 is 2.31 bits per heavy atom. The molecule has 0 radical (unpaired) electrons. The molecule has 146 valence electrons. The Hall–Kier alpha value is -2.15. The number of nitrogens with one attached hydrogen (secondary N) is 1. The van der Waals surface area contributed by atoms with Gasteiger partial charge in [-0.15, -0.1) is 0 Å². The monoisotopic (exact) mass is 366 g/mol. The van der Waals surface area contributed by atoms with E-state index in [0.29, 0.717) is 31.0 Å². The van der Waals surface area contributed by atoms with E-state index in [-0.39, 0.29) is 12.1 Å². The van der Waals surface area contributed by atoms with Crippen LogP contribution >= 0.6 is 0 Å². The number of piperazine rings is 1. The maximum Gasteiger partial charge on any atom is 0.410 e. The van der Waals surface area contributed by atoms with Gasteiger partial charge in [-0.3, -0.25) is 0 Å². The van der Waals surface area contributed by atoms with Gasteiger partial charge in [-0.25, -0.2) is 4.79 Å². The highest BCUT2D eigenvalue weighted by Crippen LogP contribution is 2.35. The number of carbonyl (C=O) groups is 1. The molecule has 1 aliphatic heterocycles. The van der Waals surface area contributed by atoms with Crippen molar-refractivity contribution < 1.29 is 23.7 Å². The quantitative estimate of drug-likeness (QED) is 0.863. The number of amides is 1. The summed E-state index contributed by atoms with van der Waals surface area (Å²) in [6.07, 6.45) is 0.423. The van der Waals surface area contributed by atoms with E-state index in [1.807, 2.05) is 32.9 Å². The number of benzene rings is 1. The maximum absolute atomic E-state index is 12.3. The zero-order valence-corrected chi connectivity index (χ0v) is 16.5. The molecule has 0 aliphatic carbocycles. The molecular formula is C19H30N2O5. The molecule has 1 amide bonds. The molecular weight excluding hydrogens is 336 g/mol. The molecule has 1 heterocycles. The fraction of sp³-hybridized carbons (Fsp3) is 0.632. The fourth-order valence-electron chi connectivity index (χ4n) is 2.97. The summed E-state index contributed by atoms with van der Waals surface area (Å²) in [7, 11) is 4.83. The van der Waals surface area contributed by atoms with Gasteiger partial charge >= 0.3 is 6.09 Å². The zero-order chi connectivity index (χ0) is 19.3. The third-order valence-electron chi connectivity index (χ3n) is 4.16. The Labute approximate surface area is 155 Å². The first-order chi connectivity index (χ1) is 12.3. The summed E-state index contributed by atoms with van der Waals surface area (Å²) in [5.74, 6) is 2.02. The van der Waals surface area contributed by atoms with E-state index in [9.17, 15) is 4.79 Å². The van der Waals surface area contributed by atoms with Crippen LogP contribution in [0.3, 0.4) is 0 Å². The van der Waals surface area contributed by atoms with Gasteiger partial charge in [0.25, 0.3) is 0 Å². The molecule has 7 heteroatoms. The van der Waals surface area contributed by atoms with E-state index in [0.717, 1.165) is 17.9 Å². The number of hydrogen-bond acceptors (Lipinski definition) is 6. The lowest BCUT2D eigenvalue weighted by molar-refractivity contribution is 0.0195. The van der Waals surface area contributed by atoms with Crippen LogP contribution in [0.5, 0.6) is 17.2 Å². The average Bonchev–Trinajstić information content (AvgIpc) is 2.60. The minimum Gasteiger partial charge on any atom is -0.496 e. The second-order valence-corrected chi connectivity index (χ2v) is 7.30. The van der Waals surface area contributed by atoms with E-state index < -0.39 is 5.60 Å². The predicted molar refractivity (Wildman–Crippen MR) is 99.4 cm³/mol. The number of methoxy groups -OCH3 is 3. The Balaban J connectivity index is 2.11. The van der Waals surface area contributed by atoms with Crippen molar-refractivity contribution in [2.24, 2.45) is 0 Å². The van der Waals surface area contributed by atoms with Gasteiger partial charge in [0.05, 0.1) is 21.3 Å². The third-order valence-corrected chi connectivity index (χ3v) is 4.16. The zero-order valence-electron chi connectivity index (χ0n) is 16.5. The van der Waals surface area contributed by atoms with Crippen molar-refractivity contribution in [2.45, 2.75) is 38.8 Å². The second kappa shape index (κ2) is 8.49. The molecule has 0 bridgehead atoms. The number of nitrogens with zero attached hydrogens (tertiary/aromatic N) is 1. The molecule has 0 spiro atoms. The van der Waals surface area contributed by atoms with Crippen LogP contribution in [0.4, 0.5) is 4.79 Å². The summed E-state index contributed by atoms with van der Waals surface area (Å²) in [5.41, 5.74) is 0.498. The molecule has 1 atom stereocenters. The molecule has 1 unspecified atom stereocenters. The molecule has 0 saturated carbocycles. The Morgan fingerprint density at radius 2 is 1.73 bits per heavy atom. The number of ether oxygens (including phenoxy) is 4. The normalized spacial score (nSPS) is 17.6. The van der Waals surface area contributed by atoms with Crippen LogP contribution in [0.1, 0.15) is 26.3 Å². The highest BCUT2D eigenvalue weighted by Gasteiger charge is 2.28.